The summed E-state index contributed by atoms with van der Waals surface area (Å²) in [6, 6.07) is 7.26. The number of anilines is 1. The number of nitrogens with one attached hydrogen (secondary N) is 1. The molecule has 2 aromatic rings. The highest BCUT2D eigenvalue weighted by Gasteiger charge is 2.09. The minimum absolute atomic E-state index is 0.120. The van der Waals surface area contributed by atoms with Crippen molar-refractivity contribution < 1.29 is 9.53 Å². The van der Waals surface area contributed by atoms with Crippen molar-refractivity contribution in [1.82, 2.24) is 0 Å². The fourth-order valence-electron chi connectivity index (χ4n) is 1.65. The molecule has 0 spiro atoms. The number of hydrogen-bond donors (Lipinski definition) is 1. The van der Waals surface area contributed by atoms with Gasteiger partial charge in [-0.25, -0.2) is 0 Å². The van der Waals surface area contributed by atoms with Gasteiger partial charge < -0.3 is 10.1 Å². The van der Waals surface area contributed by atoms with Crippen LogP contribution in [0.2, 0.25) is 0 Å². The smallest absolute Gasteiger partial charge is 0.256 e. The predicted molar refractivity (Wildman–Crippen MR) is 79.4 cm³/mol. The Balaban J connectivity index is 2.15. The molecule has 0 aliphatic heterocycles. The third-order valence-corrected chi connectivity index (χ3v) is 3.52. The molecule has 0 fully saturated rings. The molecule has 0 atom stereocenters. The van der Waals surface area contributed by atoms with E-state index in [0.717, 1.165) is 17.0 Å². The Morgan fingerprint density at radius 3 is 2.89 bits per heavy atom. The number of ether oxygens (including phenoxy) is 1. The zero-order valence-electron chi connectivity index (χ0n) is 10.5. The van der Waals surface area contributed by atoms with Crippen molar-refractivity contribution in [3.63, 3.8) is 0 Å². The van der Waals surface area contributed by atoms with Crippen LogP contribution in [-0.4, -0.2) is 12.5 Å². The highest BCUT2D eigenvalue weighted by molar-refractivity contribution is 7.08. The summed E-state index contributed by atoms with van der Waals surface area (Å²) >= 11 is 7.38. The highest BCUT2D eigenvalue weighted by Crippen LogP contribution is 2.25. The average Bonchev–Trinajstić information content (AvgIpc) is 2.94. The predicted octanol–water partition coefficient (Wildman–Crippen LogP) is 4.14. The summed E-state index contributed by atoms with van der Waals surface area (Å²) in [5, 5.41) is 6.53. The Morgan fingerprint density at radius 1 is 1.42 bits per heavy atom. The zero-order valence-corrected chi connectivity index (χ0v) is 12.1. The lowest BCUT2D eigenvalue weighted by Crippen LogP contribution is -2.11. The maximum absolute atomic E-state index is 11.9. The number of amides is 1. The molecule has 100 valence electrons. The van der Waals surface area contributed by atoms with Gasteiger partial charge in [-0.05, 0) is 36.6 Å². The summed E-state index contributed by atoms with van der Waals surface area (Å²) in [4.78, 5) is 11.9. The maximum atomic E-state index is 11.9. The molecule has 0 radical (unpaired) electrons. The molecule has 1 N–H and O–H groups in total. The monoisotopic (exact) mass is 295 g/mol. The Labute approximate surface area is 121 Å². The van der Waals surface area contributed by atoms with Crippen LogP contribution in [0, 0.1) is 0 Å². The van der Waals surface area contributed by atoms with E-state index in [1.54, 1.807) is 6.07 Å². The molecule has 0 unspecified atom stereocenters. The minimum atomic E-state index is -0.120. The van der Waals surface area contributed by atoms with Gasteiger partial charge in [-0.1, -0.05) is 0 Å². The van der Waals surface area contributed by atoms with Gasteiger partial charge in [-0.15, -0.1) is 11.6 Å². The maximum Gasteiger partial charge on any atom is 0.256 e. The molecule has 0 saturated heterocycles. The second-order valence-corrected chi connectivity index (χ2v) is 4.90. The molecule has 3 nitrogen and oxygen atoms in total. The number of carbonyl (C=O) groups excluding carboxylic acids is 1. The summed E-state index contributed by atoms with van der Waals surface area (Å²) in [5.41, 5.74) is 2.24. The first-order valence-corrected chi connectivity index (χ1v) is 7.37. The second-order valence-electron chi connectivity index (χ2n) is 3.86. The summed E-state index contributed by atoms with van der Waals surface area (Å²) in [7, 11) is 0. The normalized spacial score (nSPS) is 10.2. The molecule has 0 aliphatic rings. The van der Waals surface area contributed by atoms with Gasteiger partial charge in [0, 0.05) is 16.6 Å². The van der Waals surface area contributed by atoms with Crippen LogP contribution >= 0.6 is 22.9 Å². The number of carbonyl (C=O) groups is 1. The third kappa shape index (κ3) is 3.49. The van der Waals surface area contributed by atoms with Gasteiger partial charge in [0.25, 0.3) is 5.91 Å². The first-order valence-electron chi connectivity index (χ1n) is 5.89. The summed E-state index contributed by atoms with van der Waals surface area (Å²) < 4.78 is 5.46. The van der Waals surface area contributed by atoms with Crippen molar-refractivity contribution in [1.29, 1.82) is 0 Å². The first-order chi connectivity index (χ1) is 9.24. The van der Waals surface area contributed by atoms with E-state index < -0.39 is 0 Å². The molecule has 5 heteroatoms. The van der Waals surface area contributed by atoms with Crippen LogP contribution in [0.3, 0.4) is 0 Å². The third-order valence-electron chi connectivity index (χ3n) is 2.55. The van der Waals surface area contributed by atoms with Gasteiger partial charge in [0.15, 0.2) is 0 Å². The molecule has 1 aromatic carbocycles. The van der Waals surface area contributed by atoms with E-state index in [-0.39, 0.29) is 5.91 Å². The second kappa shape index (κ2) is 6.59. The Hall–Kier alpha value is -1.52. The van der Waals surface area contributed by atoms with E-state index in [0.29, 0.717) is 18.1 Å². The number of rotatable bonds is 5. The Bertz CT molecular complexity index is 555. The summed E-state index contributed by atoms with van der Waals surface area (Å²) in [6.45, 7) is 2.51. The Morgan fingerprint density at radius 2 is 2.26 bits per heavy atom. The van der Waals surface area contributed by atoms with Gasteiger partial charge in [0.1, 0.15) is 5.75 Å². The van der Waals surface area contributed by atoms with Crippen LogP contribution in [0.15, 0.2) is 35.0 Å². The van der Waals surface area contributed by atoms with E-state index in [1.165, 1.54) is 11.3 Å². The van der Waals surface area contributed by atoms with Gasteiger partial charge in [0.05, 0.1) is 18.1 Å². The van der Waals surface area contributed by atoms with Gasteiger partial charge in [-0.2, -0.15) is 11.3 Å². The van der Waals surface area contributed by atoms with Crippen LogP contribution in [0.1, 0.15) is 22.8 Å². The number of thiophene rings is 1. The van der Waals surface area contributed by atoms with E-state index in [1.807, 2.05) is 35.9 Å². The first kappa shape index (κ1) is 13.9. The van der Waals surface area contributed by atoms with Crippen LogP contribution in [0.25, 0.3) is 0 Å². The average molecular weight is 296 g/mol. The van der Waals surface area contributed by atoms with Gasteiger partial charge in [0.2, 0.25) is 0 Å². The molecule has 0 bridgehead atoms. The Kier molecular flexibility index (Phi) is 4.82. The standard InChI is InChI=1S/C14H14ClNO2S/c1-2-18-13-4-3-12(7-11(13)8-15)16-14(17)10-5-6-19-9-10/h3-7,9H,2,8H2,1H3,(H,16,17). The lowest BCUT2D eigenvalue weighted by molar-refractivity contribution is 0.102. The zero-order chi connectivity index (χ0) is 13.7. The topological polar surface area (TPSA) is 38.3 Å². The summed E-state index contributed by atoms with van der Waals surface area (Å²) in [5.74, 6) is 0.981. The molecular formula is C14H14ClNO2S. The molecule has 19 heavy (non-hydrogen) atoms. The quantitative estimate of drug-likeness (QED) is 0.842. The van der Waals surface area contributed by atoms with Crippen molar-refractivity contribution in [3.8, 4) is 5.75 Å². The molecule has 1 aromatic heterocycles. The van der Waals surface area contributed by atoms with Crippen molar-refractivity contribution in [2.24, 2.45) is 0 Å². The van der Waals surface area contributed by atoms with Crippen LogP contribution in [0.5, 0.6) is 5.75 Å². The SMILES string of the molecule is CCOc1ccc(NC(=O)c2ccsc2)cc1CCl. The number of benzene rings is 1. The lowest BCUT2D eigenvalue weighted by atomic mass is 10.2. The van der Waals surface area contributed by atoms with Crippen molar-refractivity contribution in [2.75, 3.05) is 11.9 Å². The lowest BCUT2D eigenvalue weighted by Gasteiger charge is -2.11. The van der Waals surface area contributed by atoms with E-state index in [2.05, 4.69) is 5.32 Å². The van der Waals surface area contributed by atoms with E-state index in [4.69, 9.17) is 16.3 Å². The number of halogens is 1. The summed E-state index contributed by atoms with van der Waals surface area (Å²) in [6.07, 6.45) is 0. The van der Waals surface area contributed by atoms with Crippen LogP contribution < -0.4 is 10.1 Å². The minimum Gasteiger partial charge on any atom is -0.494 e. The number of hydrogen-bond acceptors (Lipinski definition) is 3. The molecular weight excluding hydrogens is 282 g/mol. The van der Waals surface area contributed by atoms with E-state index in [9.17, 15) is 4.79 Å². The molecule has 1 amide bonds. The number of alkyl halides is 1. The van der Waals surface area contributed by atoms with Crippen LogP contribution in [0.4, 0.5) is 5.69 Å². The van der Waals surface area contributed by atoms with Crippen molar-refractivity contribution >= 4 is 34.5 Å². The molecule has 0 saturated carbocycles. The molecule has 1 heterocycles. The van der Waals surface area contributed by atoms with Crippen molar-refractivity contribution in [3.05, 3.63) is 46.2 Å². The van der Waals surface area contributed by atoms with Crippen molar-refractivity contribution in [2.45, 2.75) is 12.8 Å². The van der Waals surface area contributed by atoms with Gasteiger partial charge in [-0.3, -0.25) is 4.79 Å². The van der Waals surface area contributed by atoms with E-state index >= 15 is 0 Å². The molecule has 0 aliphatic carbocycles. The largest absolute Gasteiger partial charge is 0.494 e. The fourth-order valence-corrected chi connectivity index (χ4v) is 2.50. The fraction of sp³-hybridized carbons (Fsp3) is 0.214. The van der Waals surface area contributed by atoms with Gasteiger partial charge >= 0.3 is 0 Å². The molecule has 2 rings (SSSR count). The highest BCUT2D eigenvalue weighted by atomic mass is 35.5. The van der Waals surface area contributed by atoms with Crippen LogP contribution in [-0.2, 0) is 5.88 Å².